The second kappa shape index (κ2) is 9.76. The first kappa shape index (κ1) is 20.4. The lowest BCUT2D eigenvalue weighted by Gasteiger charge is -2.21. The van der Waals surface area contributed by atoms with Gasteiger partial charge in [-0.15, -0.1) is 5.10 Å². The lowest BCUT2D eigenvalue weighted by atomic mass is 9.88. The van der Waals surface area contributed by atoms with Gasteiger partial charge in [0.05, 0.1) is 17.0 Å². The Labute approximate surface area is 176 Å². The Hall–Kier alpha value is -1.86. The zero-order valence-electron chi connectivity index (χ0n) is 17.0. The maximum absolute atomic E-state index is 12.5. The number of amides is 1. The minimum atomic E-state index is -0.248. The third-order valence-corrected chi connectivity index (χ3v) is 6.71. The number of benzene rings is 1. The molecule has 1 saturated heterocycles. The number of hydrogen-bond acceptors (Lipinski definition) is 5. The highest BCUT2D eigenvalue weighted by atomic mass is 32.2. The number of hydrogen-bond donors (Lipinski definition) is 1. The molecule has 2 fully saturated rings. The normalized spacial score (nSPS) is 21.2. The predicted molar refractivity (Wildman–Crippen MR) is 114 cm³/mol. The quantitative estimate of drug-likeness (QED) is 0.691. The van der Waals surface area contributed by atoms with Crippen LogP contribution in [0.1, 0.15) is 63.6 Å². The van der Waals surface area contributed by atoms with Gasteiger partial charge in [-0.2, -0.15) is 0 Å². The predicted octanol–water partition coefficient (Wildman–Crippen LogP) is 4.09. The van der Waals surface area contributed by atoms with Gasteiger partial charge in [-0.3, -0.25) is 4.79 Å². The van der Waals surface area contributed by atoms with Gasteiger partial charge in [-0.05, 0) is 44.7 Å². The van der Waals surface area contributed by atoms with Crippen LogP contribution in [0.3, 0.4) is 0 Å². The Bertz CT molecular complexity index is 798. The van der Waals surface area contributed by atoms with Crippen LogP contribution in [0.5, 0.6) is 0 Å². The molecule has 2 aromatic rings. The summed E-state index contributed by atoms with van der Waals surface area (Å²) >= 11 is 1.43. The molecule has 1 aliphatic heterocycles. The van der Waals surface area contributed by atoms with Crippen LogP contribution in [0.25, 0.3) is 5.69 Å². The highest BCUT2D eigenvalue weighted by Gasteiger charge is 2.25. The van der Waals surface area contributed by atoms with Crippen LogP contribution in [0.2, 0.25) is 0 Å². The van der Waals surface area contributed by atoms with Crippen LogP contribution >= 0.6 is 11.8 Å². The molecular formula is C22H30N4O2S. The number of nitrogens with one attached hydrogen (secondary N) is 1. The first-order valence-electron chi connectivity index (χ1n) is 10.8. The van der Waals surface area contributed by atoms with E-state index in [4.69, 9.17) is 14.8 Å². The topological polar surface area (TPSA) is 69.0 Å². The van der Waals surface area contributed by atoms with E-state index in [1.807, 2.05) is 29.8 Å². The number of carbonyl (C=O) groups is 1. The molecule has 6 nitrogen and oxygen atoms in total. The lowest BCUT2D eigenvalue weighted by molar-refractivity contribution is -0.120. The monoisotopic (exact) mass is 414 g/mol. The molecule has 1 aromatic carbocycles. The standard InChI is InChI=1S/C22H30N4O2S/c1-16(21(27)23-15-19-13-8-14-28-19)29-22-24-20(17-9-4-2-5-10-17)26(25-22)18-11-6-3-7-12-18/h3,6-7,11-12,16-17,19H,2,4-5,8-10,13-15H2,1H3,(H,23,27)/t16-,19+/m1/s1. The molecule has 156 valence electrons. The second-order valence-corrected chi connectivity index (χ2v) is 9.28. The van der Waals surface area contributed by atoms with Gasteiger partial charge in [0.25, 0.3) is 0 Å². The van der Waals surface area contributed by atoms with Crippen LogP contribution in [0, 0.1) is 0 Å². The van der Waals surface area contributed by atoms with E-state index >= 15 is 0 Å². The minimum absolute atomic E-state index is 0.0146. The summed E-state index contributed by atoms with van der Waals surface area (Å²) in [5.74, 6) is 1.49. The molecule has 7 heteroatoms. The molecule has 2 heterocycles. The molecule has 29 heavy (non-hydrogen) atoms. The number of thioether (sulfide) groups is 1. The zero-order valence-corrected chi connectivity index (χ0v) is 17.9. The molecule has 1 aliphatic carbocycles. The molecule has 1 N–H and O–H groups in total. The second-order valence-electron chi connectivity index (χ2n) is 7.98. The van der Waals surface area contributed by atoms with Gasteiger partial charge in [0, 0.05) is 19.1 Å². The maximum atomic E-state index is 12.5. The van der Waals surface area contributed by atoms with Crippen LogP contribution in [0.15, 0.2) is 35.5 Å². The maximum Gasteiger partial charge on any atom is 0.233 e. The van der Waals surface area contributed by atoms with Gasteiger partial charge in [0.1, 0.15) is 5.82 Å². The molecule has 2 aliphatic rings. The Balaban J connectivity index is 1.46. The Morgan fingerprint density at radius 3 is 2.72 bits per heavy atom. The van der Waals surface area contributed by atoms with E-state index in [2.05, 4.69) is 17.4 Å². The van der Waals surface area contributed by atoms with E-state index in [1.54, 1.807) is 0 Å². The Morgan fingerprint density at radius 2 is 2.00 bits per heavy atom. The third-order valence-electron chi connectivity index (χ3n) is 5.76. The molecular weight excluding hydrogens is 384 g/mol. The fourth-order valence-corrected chi connectivity index (χ4v) is 4.90. The van der Waals surface area contributed by atoms with E-state index in [1.165, 1.54) is 31.0 Å². The van der Waals surface area contributed by atoms with Crippen molar-refractivity contribution in [2.24, 2.45) is 0 Å². The van der Waals surface area contributed by atoms with E-state index < -0.39 is 0 Å². The summed E-state index contributed by atoms with van der Waals surface area (Å²) in [5.41, 5.74) is 1.03. The minimum Gasteiger partial charge on any atom is -0.376 e. The van der Waals surface area contributed by atoms with Crippen LogP contribution < -0.4 is 5.32 Å². The van der Waals surface area contributed by atoms with Crippen LogP contribution in [0.4, 0.5) is 0 Å². The molecule has 2 atom stereocenters. The highest BCUT2D eigenvalue weighted by molar-refractivity contribution is 8.00. The summed E-state index contributed by atoms with van der Waals surface area (Å²) in [6, 6.07) is 10.2. The van der Waals surface area contributed by atoms with Crippen molar-refractivity contribution in [1.82, 2.24) is 20.1 Å². The van der Waals surface area contributed by atoms with Gasteiger partial charge in [0.15, 0.2) is 0 Å². The number of aromatic nitrogens is 3. The fraction of sp³-hybridized carbons (Fsp3) is 0.591. The Kier molecular flexibility index (Phi) is 6.87. The summed E-state index contributed by atoms with van der Waals surface area (Å²) in [4.78, 5) is 17.4. The van der Waals surface area contributed by atoms with Crippen molar-refractivity contribution in [3.05, 3.63) is 36.2 Å². The number of nitrogens with zero attached hydrogens (tertiary/aromatic N) is 3. The molecule has 0 unspecified atom stereocenters. The largest absolute Gasteiger partial charge is 0.376 e. The fourth-order valence-electron chi connectivity index (χ4n) is 4.11. The summed E-state index contributed by atoms with van der Waals surface area (Å²) in [5, 5.41) is 8.22. The summed E-state index contributed by atoms with van der Waals surface area (Å²) in [6.45, 7) is 3.30. The molecule has 0 spiro atoms. The van der Waals surface area contributed by atoms with Gasteiger partial charge >= 0.3 is 0 Å². The molecule has 0 radical (unpaired) electrons. The van der Waals surface area contributed by atoms with Crippen molar-refractivity contribution in [2.75, 3.05) is 13.2 Å². The average molecular weight is 415 g/mol. The Morgan fingerprint density at radius 1 is 1.21 bits per heavy atom. The molecule has 1 aromatic heterocycles. The lowest BCUT2D eigenvalue weighted by Crippen LogP contribution is -2.36. The smallest absolute Gasteiger partial charge is 0.233 e. The van der Waals surface area contributed by atoms with Gasteiger partial charge in [-0.25, -0.2) is 9.67 Å². The first-order valence-corrected chi connectivity index (χ1v) is 11.7. The highest BCUT2D eigenvalue weighted by Crippen LogP contribution is 2.34. The molecule has 1 saturated carbocycles. The van der Waals surface area contributed by atoms with Gasteiger partial charge in [0.2, 0.25) is 11.1 Å². The first-order chi connectivity index (χ1) is 14.2. The summed E-state index contributed by atoms with van der Waals surface area (Å²) < 4.78 is 7.57. The number of ether oxygens (including phenoxy) is 1. The van der Waals surface area contributed by atoms with Crippen molar-refractivity contribution in [3.63, 3.8) is 0 Å². The number of para-hydroxylation sites is 1. The van der Waals surface area contributed by atoms with E-state index in [0.717, 1.165) is 43.8 Å². The van der Waals surface area contributed by atoms with Crippen molar-refractivity contribution in [2.45, 2.75) is 74.3 Å². The zero-order chi connectivity index (χ0) is 20.1. The van der Waals surface area contributed by atoms with Crippen molar-refractivity contribution >= 4 is 17.7 Å². The number of rotatable bonds is 7. The van der Waals surface area contributed by atoms with Gasteiger partial charge in [-0.1, -0.05) is 49.2 Å². The summed E-state index contributed by atoms with van der Waals surface area (Å²) in [7, 11) is 0. The molecule has 4 rings (SSSR count). The van der Waals surface area contributed by atoms with Crippen LogP contribution in [-0.2, 0) is 9.53 Å². The van der Waals surface area contributed by atoms with E-state index in [9.17, 15) is 4.79 Å². The molecule has 0 bridgehead atoms. The van der Waals surface area contributed by atoms with E-state index in [-0.39, 0.29) is 17.3 Å². The number of carbonyl (C=O) groups excluding carboxylic acids is 1. The van der Waals surface area contributed by atoms with E-state index in [0.29, 0.717) is 17.6 Å². The van der Waals surface area contributed by atoms with Crippen molar-refractivity contribution < 1.29 is 9.53 Å². The van der Waals surface area contributed by atoms with Crippen LogP contribution in [-0.4, -0.2) is 45.2 Å². The molecule has 1 amide bonds. The average Bonchev–Trinajstić information content (AvgIpc) is 3.43. The SMILES string of the molecule is C[C@@H](Sc1nc(C2CCCCC2)n(-c2ccccc2)n1)C(=O)NC[C@@H]1CCCO1. The third kappa shape index (κ3) is 5.20. The van der Waals surface area contributed by atoms with Gasteiger partial charge < -0.3 is 10.1 Å². The summed E-state index contributed by atoms with van der Waals surface area (Å²) in [6.07, 6.45) is 8.38. The van der Waals surface area contributed by atoms with Crippen molar-refractivity contribution in [1.29, 1.82) is 0 Å². The van der Waals surface area contributed by atoms with Crippen molar-refractivity contribution in [3.8, 4) is 5.69 Å².